The van der Waals surface area contributed by atoms with Crippen LogP contribution < -0.4 is 16.1 Å². The maximum absolute atomic E-state index is 13.5. The molecule has 0 aliphatic rings. The summed E-state index contributed by atoms with van der Waals surface area (Å²) in [4.78, 5) is 24.5. The minimum Gasteiger partial charge on any atom is -0.359 e. The highest BCUT2D eigenvalue weighted by molar-refractivity contribution is 9.10. The highest BCUT2D eigenvalue weighted by atomic mass is 79.9. The van der Waals surface area contributed by atoms with Gasteiger partial charge in [-0.25, -0.2) is 14.0 Å². The predicted octanol–water partition coefficient (Wildman–Crippen LogP) is 3.50. The smallest absolute Gasteiger partial charge is 0.359 e. The van der Waals surface area contributed by atoms with Gasteiger partial charge >= 0.3 is 5.82 Å². The Labute approximate surface area is 214 Å². The molecule has 36 heavy (non-hydrogen) atoms. The number of benzene rings is 2. The molecule has 0 radical (unpaired) electrons. The molecule has 14 nitrogen and oxygen atoms in total. The number of hydrogen-bond acceptors (Lipinski definition) is 12. The predicted molar refractivity (Wildman–Crippen MR) is 129 cm³/mol. The first-order valence-corrected chi connectivity index (χ1v) is 11.6. The van der Waals surface area contributed by atoms with E-state index in [2.05, 4.69) is 41.9 Å². The lowest BCUT2D eigenvalue weighted by Gasteiger charge is -2.10. The second-order valence-corrected chi connectivity index (χ2v) is 8.51. The minimum absolute atomic E-state index is 0.0290. The van der Waals surface area contributed by atoms with Crippen molar-refractivity contribution in [3.05, 3.63) is 96.4 Å². The summed E-state index contributed by atoms with van der Waals surface area (Å²) in [5, 5.41) is 45.0. The van der Waals surface area contributed by atoms with Crippen LogP contribution in [0.15, 0.2) is 79.3 Å². The van der Waals surface area contributed by atoms with Crippen LogP contribution in [-0.4, -0.2) is 43.5 Å². The minimum atomic E-state index is -1.25. The van der Waals surface area contributed by atoms with E-state index in [1.165, 1.54) is 18.2 Å². The van der Waals surface area contributed by atoms with Gasteiger partial charge in [0.15, 0.2) is 16.6 Å². The van der Waals surface area contributed by atoms with E-state index in [1.54, 1.807) is 30.3 Å². The average molecular weight is 583 g/mol. The molecule has 0 atom stereocenters. The zero-order chi connectivity index (χ0) is 26.1. The quantitative estimate of drug-likeness (QED) is 0.0642. The number of thioether (sulfide) groups is 1. The molecule has 0 fully saturated rings. The molecule has 3 rings (SSSR count). The van der Waals surface area contributed by atoms with E-state index >= 15 is 0 Å². The van der Waals surface area contributed by atoms with Crippen molar-refractivity contribution in [2.75, 3.05) is 17.6 Å². The molecule has 2 aromatic carbocycles. The summed E-state index contributed by atoms with van der Waals surface area (Å²) >= 11 is 4.11. The van der Waals surface area contributed by atoms with Crippen molar-refractivity contribution in [1.29, 1.82) is 0 Å². The van der Waals surface area contributed by atoms with Crippen LogP contribution in [0.4, 0.5) is 15.8 Å². The fourth-order valence-corrected chi connectivity index (χ4v) is 3.77. The van der Waals surface area contributed by atoms with Gasteiger partial charge in [0.1, 0.15) is 15.7 Å². The zero-order valence-corrected chi connectivity index (χ0v) is 20.3. The van der Waals surface area contributed by atoms with Gasteiger partial charge in [-0.1, -0.05) is 30.0 Å². The topological polar surface area (TPSA) is 194 Å². The number of aromatic nitrogens is 2. The van der Waals surface area contributed by atoms with Gasteiger partial charge in [-0.2, -0.15) is 0 Å². The molecule has 17 heteroatoms. The lowest BCUT2D eigenvalue weighted by atomic mass is 10.3. The van der Waals surface area contributed by atoms with Gasteiger partial charge in [-0.15, -0.1) is 0 Å². The van der Waals surface area contributed by atoms with Gasteiger partial charge in [0, 0.05) is 18.0 Å². The van der Waals surface area contributed by atoms with Crippen molar-refractivity contribution < 1.29 is 24.1 Å². The SMILES string of the molecule is O=[N+]([O-])C(=C(NCCSc1nonc1C(=Nc1ccc(F)c(Br)c1)NO)Nc1ccccc1)[N+](=O)[O-]. The third-order valence-electron chi connectivity index (χ3n) is 4.19. The Hall–Kier alpha value is -4.09. The molecule has 0 aliphatic heterocycles. The normalized spacial score (nSPS) is 11.0. The Bertz CT molecular complexity index is 1290. The molecule has 1 aromatic heterocycles. The Morgan fingerprint density at radius 1 is 1.17 bits per heavy atom. The van der Waals surface area contributed by atoms with Gasteiger partial charge < -0.3 is 10.6 Å². The summed E-state index contributed by atoms with van der Waals surface area (Å²) in [6, 6.07) is 12.1. The van der Waals surface area contributed by atoms with Gasteiger partial charge in [0.25, 0.3) is 5.82 Å². The van der Waals surface area contributed by atoms with E-state index < -0.39 is 27.3 Å². The number of nitrogens with zero attached hydrogens (tertiary/aromatic N) is 5. The van der Waals surface area contributed by atoms with Crippen LogP contribution in [0.1, 0.15) is 5.69 Å². The van der Waals surface area contributed by atoms with E-state index in [1.807, 2.05) is 5.48 Å². The van der Waals surface area contributed by atoms with Crippen molar-refractivity contribution in [2.45, 2.75) is 5.03 Å². The number of para-hydroxylation sites is 1. The first-order valence-electron chi connectivity index (χ1n) is 9.78. The average Bonchev–Trinajstić information content (AvgIpc) is 3.31. The number of rotatable bonds is 11. The highest BCUT2D eigenvalue weighted by Crippen LogP contribution is 2.24. The Balaban J connectivity index is 1.72. The first-order chi connectivity index (χ1) is 17.3. The summed E-state index contributed by atoms with van der Waals surface area (Å²) in [6.45, 7) is 0.0290. The van der Waals surface area contributed by atoms with Crippen LogP contribution >= 0.6 is 27.7 Å². The van der Waals surface area contributed by atoms with Crippen LogP contribution in [0.25, 0.3) is 0 Å². The monoisotopic (exact) mass is 582 g/mol. The third kappa shape index (κ3) is 6.96. The molecule has 0 bridgehead atoms. The van der Waals surface area contributed by atoms with Crippen LogP contribution in [0.3, 0.4) is 0 Å². The van der Waals surface area contributed by atoms with E-state index in [0.717, 1.165) is 11.8 Å². The lowest BCUT2D eigenvalue weighted by molar-refractivity contribution is -0.617. The fourth-order valence-electron chi connectivity index (χ4n) is 2.65. The molecule has 0 spiro atoms. The summed E-state index contributed by atoms with van der Waals surface area (Å²) in [5.74, 6) is -2.09. The molecule has 3 aromatic rings. The highest BCUT2D eigenvalue weighted by Gasteiger charge is 2.33. The van der Waals surface area contributed by atoms with Crippen LogP contribution in [-0.2, 0) is 0 Å². The summed E-state index contributed by atoms with van der Waals surface area (Å²) in [6.07, 6.45) is 0. The molecular weight excluding hydrogens is 567 g/mol. The standard InChI is InChI=1S/C19H16BrFN8O6S/c20-13-10-12(6-7-14(13)21)24-16(25-30)15-18(27-35-26-15)36-9-8-22-17(19(28(31)32)29(33)34)23-11-4-2-1-3-5-11/h1-7,10,22-23,30H,8-9H2,(H,24,25). The van der Waals surface area contributed by atoms with Crippen molar-refractivity contribution >= 4 is 44.9 Å². The Morgan fingerprint density at radius 3 is 2.53 bits per heavy atom. The zero-order valence-electron chi connectivity index (χ0n) is 17.9. The lowest BCUT2D eigenvalue weighted by Crippen LogP contribution is -2.29. The number of aliphatic imine (C=N–C) groups is 1. The van der Waals surface area contributed by atoms with Gasteiger partial charge in [0.2, 0.25) is 0 Å². The van der Waals surface area contributed by atoms with Gasteiger partial charge in [-0.3, -0.25) is 30.9 Å². The van der Waals surface area contributed by atoms with E-state index in [4.69, 9.17) is 4.63 Å². The summed E-state index contributed by atoms with van der Waals surface area (Å²) in [7, 11) is 0. The molecule has 4 N–H and O–H groups in total. The molecule has 0 saturated carbocycles. The summed E-state index contributed by atoms with van der Waals surface area (Å²) < 4.78 is 18.3. The van der Waals surface area contributed by atoms with E-state index in [-0.39, 0.29) is 39.0 Å². The number of amidine groups is 1. The first kappa shape index (κ1) is 26.5. The maximum atomic E-state index is 13.5. The van der Waals surface area contributed by atoms with E-state index in [9.17, 15) is 29.8 Å². The number of hydrogen-bond donors (Lipinski definition) is 4. The second-order valence-electron chi connectivity index (χ2n) is 6.57. The van der Waals surface area contributed by atoms with Crippen LogP contribution in [0, 0.1) is 26.0 Å². The maximum Gasteiger partial charge on any atom is 0.599 e. The Morgan fingerprint density at radius 2 is 1.89 bits per heavy atom. The van der Waals surface area contributed by atoms with Crippen molar-refractivity contribution in [2.24, 2.45) is 4.99 Å². The number of hydroxylamine groups is 1. The van der Waals surface area contributed by atoms with Crippen molar-refractivity contribution in [3.8, 4) is 0 Å². The number of anilines is 1. The molecule has 188 valence electrons. The molecule has 0 saturated heterocycles. The van der Waals surface area contributed by atoms with Gasteiger partial charge in [-0.05, 0) is 56.6 Å². The summed E-state index contributed by atoms with van der Waals surface area (Å²) in [5.41, 5.74) is 2.61. The molecule has 1 heterocycles. The molecule has 0 aliphatic carbocycles. The third-order valence-corrected chi connectivity index (χ3v) is 5.75. The van der Waals surface area contributed by atoms with Crippen LogP contribution in [0.2, 0.25) is 0 Å². The largest absolute Gasteiger partial charge is 0.599 e. The number of nitrogens with one attached hydrogen (secondary N) is 3. The van der Waals surface area contributed by atoms with Gasteiger partial charge in [0.05, 0.1) is 10.2 Å². The van der Waals surface area contributed by atoms with Crippen LogP contribution in [0.5, 0.6) is 0 Å². The number of halogens is 2. The molecule has 0 amide bonds. The second kappa shape index (κ2) is 12.6. The fraction of sp³-hybridized carbons (Fsp3) is 0.105. The molecule has 0 unspecified atom stereocenters. The molecular formula is C19H16BrFN8O6S. The van der Waals surface area contributed by atoms with Crippen molar-refractivity contribution in [1.82, 2.24) is 21.1 Å². The number of nitro groups is 2. The van der Waals surface area contributed by atoms with E-state index in [0.29, 0.717) is 5.69 Å². The Kier molecular flexibility index (Phi) is 9.25. The van der Waals surface area contributed by atoms with Crippen molar-refractivity contribution in [3.63, 3.8) is 0 Å².